The molecule has 1 unspecified atom stereocenters. The Bertz CT molecular complexity index is 613. The lowest BCUT2D eigenvalue weighted by Crippen LogP contribution is -2.38. The van der Waals surface area contributed by atoms with Crippen LogP contribution in [-0.2, 0) is 18.9 Å². The molecule has 9 nitrogen and oxygen atoms in total. The van der Waals surface area contributed by atoms with Crippen LogP contribution in [0.25, 0.3) is 0 Å². The van der Waals surface area contributed by atoms with Crippen molar-refractivity contribution in [2.75, 3.05) is 5.32 Å². The number of nitrogens with zero attached hydrogens (tertiary/aromatic N) is 2. The molecule has 1 aliphatic rings. The molecule has 146 valence electrons. The Hall–Kier alpha value is -1.43. The lowest BCUT2D eigenvalue weighted by molar-refractivity contribution is -0.235. The van der Waals surface area contributed by atoms with Gasteiger partial charge in [-0.25, -0.2) is 4.79 Å². The fourth-order valence-corrected chi connectivity index (χ4v) is 4.13. The van der Waals surface area contributed by atoms with Gasteiger partial charge in [-0.15, -0.1) is 14.5 Å². The summed E-state index contributed by atoms with van der Waals surface area (Å²) in [6.07, 6.45) is 2.24. The second-order valence-corrected chi connectivity index (χ2v) is 8.59. The number of carbonyl (C=O) groups excluding carboxylic acids is 2. The first-order valence-electron chi connectivity index (χ1n) is 8.43. The highest BCUT2D eigenvalue weighted by molar-refractivity contribution is 7.96. The highest BCUT2D eigenvalue weighted by atomic mass is 32.2. The van der Waals surface area contributed by atoms with Crippen molar-refractivity contribution < 1.29 is 23.6 Å². The van der Waals surface area contributed by atoms with Crippen LogP contribution in [0.15, 0.2) is 4.34 Å². The van der Waals surface area contributed by atoms with Crippen LogP contribution in [-0.4, -0.2) is 28.3 Å². The first kappa shape index (κ1) is 20.9. The van der Waals surface area contributed by atoms with Crippen LogP contribution < -0.4 is 10.8 Å². The number of hydrogen-bond acceptors (Lipinski definition) is 9. The molecule has 1 aromatic rings. The molecule has 26 heavy (non-hydrogen) atoms. The molecule has 3 atom stereocenters. The van der Waals surface area contributed by atoms with Gasteiger partial charge in [0.2, 0.25) is 15.4 Å². The van der Waals surface area contributed by atoms with Crippen LogP contribution in [0, 0.1) is 17.8 Å². The maximum absolute atomic E-state index is 11.9. The van der Waals surface area contributed by atoms with E-state index in [4.69, 9.17) is 9.07 Å². The zero-order valence-electron chi connectivity index (χ0n) is 15.2. The number of hydrogen-bond donors (Lipinski definition) is 2. The highest BCUT2D eigenvalue weighted by Crippen LogP contribution is 2.35. The summed E-state index contributed by atoms with van der Waals surface area (Å²) in [6.45, 7) is 7.82. The molecule has 0 spiro atoms. The van der Waals surface area contributed by atoms with Gasteiger partial charge in [0.25, 0.3) is 0 Å². The molecule has 1 aromatic heterocycles. The molecule has 0 aliphatic heterocycles. The van der Waals surface area contributed by atoms with Crippen molar-refractivity contribution in [2.45, 2.75) is 57.4 Å². The zero-order valence-corrected chi connectivity index (χ0v) is 16.8. The largest absolute Gasteiger partial charge is 0.444 e. The fourth-order valence-electron chi connectivity index (χ4n) is 2.95. The third kappa shape index (κ3) is 6.71. The van der Waals surface area contributed by atoms with E-state index < -0.39 is 6.09 Å². The molecule has 0 radical (unpaired) electrons. The van der Waals surface area contributed by atoms with Gasteiger partial charge in [-0.1, -0.05) is 43.5 Å². The minimum atomic E-state index is -0.688. The van der Waals surface area contributed by atoms with Gasteiger partial charge in [-0.05, 0) is 30.6 Å². The van der Waals surface area contributed by atoms with Crippen molar-refractivity contribution in [3.8, 4) is 0 Å². The molecule has 0 saturated heterocycles. The van der Waals surface area contributed by atoms with Crippen molar-refractivity contribution in [3.63, 3.8) is 0 Å². The van der Waals surface area contributed by atoms with E-state index in [1.165, 1.54) is 6.92 Å². The minimum absolute atomic E-state index is 0.127. The molecule has 0 aromatic carbocycles. The van der Waals surface area contributed by atoms with Gasteiger partial charge in [0.1, 0.15) is 18.1 Å². The second kappa shape index (κ2) is 10.0. The van der Waals surface area contributed by atoms with Gasteiger partial charge in [0.15, 0.2) is 0 Å². The fraction of sp³-hybridized carbons (Fsp3) is 0.733. The Morgan fingerprint density at radius 1 is 1.31 bits per heavy atom. The van der Waals surface area contributed by atoms with Crippen molar-refractivity contribution in [2.24, 2.45) is 17.8 Å². The summed E-state index contributed by atoms with van der Waals surface area (Å²) < 4.78 is 10.7. The van der Waals surface area contributed by atoms with Gasteiger partial charge in [-0.2, -0.15) is 5.48 Å². The lowest BCUT2D eigenvalue weighted by Gasteiger charge is -2.36. The highest BCUT2D eigenvalue weighted by Gasteiger charge is 2.33. The van der Waals surface area contributed by atoms with Gasteiger partial charge < -0.3 is 10.1 Å². The molecular weight excluding hydrogens is 380 g/mol. The van der Waals surface area contributed by atoms with E-state index in [2.05, 4.69) is 46.8 Å². The molecule has 11 heteroatoms. The molecule has 1 aliphatic carbocycles. The first-order chi connectivity index (χ1) is 12.3. The number of amides is 2. The average Bonchev–Trinajstić information content (AvgIpc) is 2.98. The van der Waals surface area contributed by atoms with Crippen molar-refractivity contribution in [1.82, 2.24) is 15.7 Å². The van der Waals surface area contributed by atoms with Crippen LogP contribution in [0.2, 0.25) is 0 Å². The summed E-state index contributed by atoms with van der Waals surface area (Å²) >= 11 is 1.88. The van der Waals surface area contributed by atoms with Gasteiger partial charge in [0.05, 0.1) is 0 Å². The van der Waals surface area contributed by atoms with Crippen LogP contribution in [0.4, 0.5) is 9.93 Å². The minimum Gasteiger partial charge on any atom is -0.444 e. The number of rotatable bonds is 7. The molecule has 0 bridgehead atoms. The quantitative estimate of drug-likeness (QED) is 0.233. The predicted octanol–water partition coefficient (Wildman–Crippen LogP) is 3.55. The van der Waals surface area contributed by atoms with E-state index >= 15 is 0 Å². The molecule has 2 rings (SSSR count). The zero-order chi connectivity index (χ0) is 19.1. The van der Waals surface area contributed by atoms with Crippen LogP contribution in [0.3, 0.4) is 0 Å². The van der Waals surface area contributed by atoms with E-state index in [0.717, 1.165) is 42.6 Å². The van der Waals surface area contributed by atoms with Gasteiger partial charge in [0, 0.05) is 6.92 Å². The molecule has 2 N–H and O–H groups in total. The Kier molecular flexibility index (Phi) is 8.07. The SMILES string of the molecule is CC(=O)Nc1nnc(SOONC(=O)OC2C[C@H](C)CC[C@H]2C(C)C)s1. The second-order valence-electron chi connectivity index (χ2n) is 6.66. The third-order valence-corrected chi connectivity index (χ3v) is 5.62. The molecule has 1 saturated carbocycles. The summed E-state index contributed by atoms with van der Waals surface area (Å²) in [6, 6.07) is 0. The lowest BCUT2D eigenvalue weighted by atomic mass is 9.75. The Balaban J connectivity index is 1.69. The molecule has 1 fully saturated rings. The summed E-state index contributed by atoms with van der Waals surface area (Å²) in [5.74, 6) is 1.09. The number of carbonyl (C=O) groups is 2. The van der Waals surface area contributed by atoms with Crippen molar-refractivity contribution in [3.05, 3.63) is 0 Å². The number of hydroxylamine groups is 1. The normalized spacial score (nSPS) is 22.9. The monoisotopic (exact) mass is 404 g/mol. The number of anilines is 1. The van der Waals surface area contributed by atoms with Crippen molar-refractivity contribution >= 4 is 40.5 Å². The van der Waals surface area contributed by atoms with E-state index in [9.17, 15) is 9.59 Å². The Labute approximate surface area is 160 Å². The Morgan fingerprint density at radius 3 is 2.77 bits per heavy atom. The summed E-state index contributed by atoms with van der Waals surface area (Å²) in [4.78, 5) is 27.5. The summed E-state index contributed by atoms with van der Waals surface area (Å²) in [7, 11) is 0. The van der Waals surface area contributed by atoms with Crippen molar-refractivity contribution in [1.29, 1.82) is 0 Å². The molecule has 1 heterocycles. The first-order valence-corrected chi connectivity index (χ1v) is 9.98. The summed E-state index contributed by atoms with van der Waals surface area (Å²) in [5.41, 5.74) is 2.10. The molecule has 2 amide bonds. The average molecular weight is 405 g/mol. The smallest absolute Gasteiger partial charge is 0.434 e. The standard InChI is InChI=1S/C15H24N4O5S2/c1-8(2)11-6-5-9(3)7-12(11)22-14(21)19-23-24-26-15-18-17-13(25-15)16-10(4)20/h8-9,11-12H,5-7H2,1-4H3,(H,19,21)(H,16,17,20)/t9-,11+,12?/m1/s1. The number of aromatic nitrogens is 2. The van der Waals surface area contributed by atoms with Gasteiger partial charge in [-0.3, -0.25) is 4.79 Å². The van der Waals surface area contributed by atoms with Crippen LogP contribution in [0.5, 0.6) is 0 Å². The van der Waals surface area contributed by atoms with E-state index in [-0.39, 0.29) is 12.0 Å². The van der Waals surface area contributed by atoms with E-state index in [1.54, 1.807) is 0 Å². The van der Waals surface area contributed by atoms with Crippen LogP contribution in [0.1, 0.15) is 47.0 Å². The third-order valence-electron chi connectivity index (χ3n) is 4.17. The van der Waals surface area contributed by atoms with E-state index in [1.807, 2.05) is 0 Å². The topological polar surface area (TPSA) is 112 Å². The number of ether oxygens (including phenoxy) is 1. The van der Waals surface area contributed by atoms with E-state index in [0.29, 0.717) is 27.2 Å². The molecular formula is C15H24N4O5S2. The number of nitrogens with one attached hydrogen (secondary N) is 2. The maximum atomic E-state index is 11.9. The maximum Gasteiger partial charge on any atom is 0.434 e. The van der Waals surface area contributed by atoms with Gasteiger partial charge >= 0.3 is 6.09 Å². The Morgan fingerprint density at radius 2 is 2.08 bits per heavy atom. The summed E-state index contributed by atoms with van der Waals surface area (Å²) in [5, 5.41) is 10.4. The van der Waals surface area contributed by atoms with Crippen LogP contribution >= 0.6 is 23.4 Å². The predicted molar refractivity (Wildman–Crippen MR) is 97.0 cm³/mol.